The van der Waals surface area contributed by atoms with Crippen molar-refractivity contribution in [2.45, 2.75) is 0 Å². The Balaban J connectivity index is 1.11. The van der Waals surface area contributed by atoms with E-state index >= 15 is 0 Å². The predicted octanol–water partition coefficient (Wildman–Crippen LogP) is 13.8. The summed E-state index contributed by atoms with van der Waals surface area (Å²) >= 11 is 0. The van der Waals surface area contributed by atoms with Crippen LogP contribution in [0.4, 0.5) is 17.2 Å². The average molecular weight is 665 g/mol. The Kier molecular flexibility index (Phi) is 7.14. The lowest BCUT2D eigenvalue weighted by atomic mass is 9.94. The molecule has 0 aliphatic rings. The quantitative estimate of drug-likeness (QED) is 0.177. The van der Waals surface area contributed by atoms with E-state index in [2.05, 4.69) is 193 Å². The van der Waals surface area contributed by atoms with Crippen molar-refractivity contribution >= 4 is 60.7 Å². The first-order valence-electron chi connectivity index (χ1n) is 17.6. The van der Waals surface area contributed by atoms with Gasteiger partial charge in [0.05, 0.1) is 6.20 Å². The SMILES string of the molecule is c1ccc(-c2ccccc2-c2ccc(N(c3ccc(-c4cccc5ccccc45)cc3)c3cc4c(cn3)oc3c5ccccc5ccc43)cc2)cc1. The summed E-state index contributed by atoms with van der Waals surface area (Å²) in [6.45, 7) is 0. The first kappa shape index (κ1) is 29.9. The van der Waals surface area contributed by atoms with Gasteiger partial charge in [0.1, 0.15) is 11.4 Å². The standard InChI is InChI=1S/C49H32N2O/c1-2-11-33(12-3-1)40-17-8-9-18-42(40)36-21-26-38(27-22-36)51(39-28-23-37(24-29-39)43-20-10-15-34-13-4-6-16-41(34)43)48-31-46-45-30-25-35-14-5-7-19-44(35)49(45)52-47(46)32-50-48/h1-32H. The van der Waals surface area contributed by atoms with Crippen LogP contribution in [-0.2, 0) is 0 Å². The minimum Gasteiger partial charge on any atom is -0.454 e. The fourth-order valence-electron chi connectivity index (χ4n) is 7.60. The maximum Gasteiger partial charge on any atom is 0.153 e. The van der Waals surface area contributed by atoms with Crippen LogP contribution in [0.2, 0.25) is 0 Å². The van der Waals surface area contributed by atoms with Crippen molar-refractivity contribution in [2.24, 2.45) is 0 Å². The summed E-state index contributed by atoms with van der Waals surface area (Å²) < 4.78 is 6.44. The van der Waals surface area contributed by atoms with Crippen LogP contribution in [0.25, 0.3) is 76.9 Å². The minimum absolute atomic E-state index is 0.772. The third-order valence-electron chi connectivity index (χ3n) is 10.1. The lowest BCUT2D eigenvalue weighted by Crippen LogP contribution is -2.11. The Morgan fingerprint density at radius 2 is 0.923 bits per heavy atom. The van der Waals surface area contributed by atoms with Crippen LogP contribution in [0.5, 0.6) is 0 Å². The number of hydrogen-bond donors (Lipinski definition) is 0. The number of aromatic nitrogens is 1. The molecule has 8 aromatic carbocycles. The van der Waals surface area contributed by atoms with Crippen LogP contribution in [-0.4, -0.2) is 4.98 Å². The lowest BCUT2D eigenvalue weighted by molar-refractivity contribution is 0.670. The number of hydrogen-bond acceptors (Lipinski definition) is 3. The highest BCUT2D eigenvalue weighted by Gasteiger charge is 2.19. The number of anilines is 3. The molecule has 0 radical (unpaired) electrons. The van der Waals surface area contributed by atoms with Crippen molar-refractivity contribution in [3.05, 3.63) is 194 Å². The van der Waals surface area contributed by atoms with E-state index in [1.165, 1.54) is 38.6 Å². The van der Waals surface area contributed by atoms with Gasteiger partial charge in [-0.25, -0.2) is 4.98 Å². The van der Waals surface area contributed by atoms with Crippen molar-refractivity contribution in [1.29, 1.82) is 0 Å². The number of fused-ring (bicyclic) bond motifs is 6. The number of furan rings is 1. The van der Waals surface area contributed by atoms with Crippen LogP contribution in [0, 0.1) is 0 Å². The first-order valence-corrected chi connectivity index (χ1v) is 17.6. The minimum atomic E-state index is 0.772. The van der Waals surface area contributed by atoms with Crippen molar-refractivity contribution < 1.29 is 4.42 Å². The molecule has 0 aliphatic heterocycles. The van der Waals surface area contributed by atoms with Crippen molar-refractivity contribution in [2.75, 3.05) is 4.90 Å². The maximum absolute atomic E-state index is 6.44. The van der Waals surface area contributed by atoms with Gasteiger partial charge in [0.2, 0.25) is 0 Å². The molecule has 52 heavy (non-hydrogen) atoms. The third kappa shape index (κ3) is 5.10. The fraction of sp³-hybridized carbons (Fsp3) is 0. The third-order valence-corrected chi connectivity index (χ3v) is 10.1. The zero-order valence-corrected chi connectivity index (χ0v) is 28.3. The van der Waals surface area contributed by atoms with E-state index in [1.807, 2.05) is 6.20 Å². The largest absolute Gasteiger partial charge is 0.454 e. The van der Waals surface area contributed by atoms with Gasteiger partial charge in [0.15, 0.2) is 5.58 Å². The summed E-state index contributed by atoms with van der Waals surface area (Å²) in [6, 6.07) is 66.7. The van der Waals surface area contributed by atoms with Crippen LogP contribution >= 0.6 is 0 Å². The Morgan fingerprint density at radius 1 is 0.385 bits per heavy atom. The van der Waals surface area contributed by atoms with E-state index in [9.17, 15) is 0 Å². The van der Waals surface area contributed by atoms with Crippen molar-refractivity contribution in [3.8, 4) is 33.4 Å². The highest BCUT2D eigenvalue weighted by Crippen LogP contribution is 2.41. The number of pyridine rings is 1. The molecule has 0 N–H and O–H groups in total. The number of nitrogens with zero attached hydrogens (tertiary/aromatic N) is 2. The summed E-state index contributed by atoms with van der Waals surface area (Å²) in [5.41, 5.74) is 10.9. The second-order valence-corrected chi connectivity index (χ2v) is 13.2. The van der Waals surface area contributed by atoms with Gasteiger partial charge >= 0.3 is 0 Å². The zero-order chi connectivity index (χ0) is 34.4. The molecule has 0 saturated carbocycles. The van der Waals surface area contributed by atoms with E-state index in [0.717, 1.165) is 55.5 Å². The molecule has 0 spiro atoms. The molecule has 0 amide bonds. The molecule has 0 atom stereocenters. The van der Waals surface area contributed by atoms with Crippen LogP contribution in [0.15, 0.2) is 199 Å². The molecule has 0 fully saturated rings. The molecule has 0 saturated heterocycles. The Bertz CT molecular complexity index is 2880. The predicted molar refractivity (Wildman–Crippen MR) is 218 cm³/mol. The Morgan fingerprint density at radius 3 is 1.63 bits per heavy atom. The van der Waals surface area contributed by atoms with E-state index in [-0.39, 0.29) is 0 Å². The molecule has 0 unspecified atom stereocenters. The van der Waals surface area contributed by atoms with E-state index in [0.29, 0.717) is 0 Å². The van der Waals surface area contributed by atoms with Gasteiger partial charge in [-0.3, -0.25) is 4.90 Å². The second kappa shape index (κ2) is 12.4. The van der Waals surface area contributed by atoms with Crippen LogP contribution in [0.1, 0.15) is 0 Å². The van der Waals surface area contributed by atoms with Crippen LogP contribution in [0.3, 0.4) is 0 Å². The summed E-state index contributed by atoms with van der Waals surface area (Å²) in [7, 11) is 0. The van der Waals surface area contributed by atoms with Gasteiger partial charge in [-0.1, -0.05) is 152 Å². The van der Waals surface area contributed by atoms with E-state index in [4.69, 9.17) is 9.40 Å². The van der Waals surface area contributed by atoms with Crippen LogP contribution < -0.4 is 4.90 Å². The molecule has 2 aromatic heterocycles. The van der Waals surface area contributed by atoms with E-state index < -0.39 is 0 Å². The van der Waals surface area contributed by atoms with Gasteiger partial charge in [-0.15, -0.1) is 0 Å². The highest BCUT2D eigenvalue weighted by molar-refractivity contribution is 6.15. The summed E-state index contributed by atoms with van der Waals surface area (Å²) in [4.78, 5) is 7.26. The number of rotatable bonds is 6. The summed E-state index contributed by atoms with van der Waals surface area (Å²) in [5.74, 6) is 0.818. The first-order chi connectivity index (χ1) is 25.8. The molecule has 0 bridgehead atoms. The second-order valence-electron chi connectivity index (χ2n) is 13.2. The molecule has 10 aromatic rings. The normalized spacial score (nSPS) is 11.5. The molecule has 0 aliphatic carbocycles. The van der Waals surface area contributed by atoms with Gasteiger partial charge in [0.25, 0.3) is 0 Å². The molecular weight excluding hydrogens is 633 g/mol. The Labute approximate surface area is 301 Å². The molecule has 2 heterocycles. The molecule has 244 valence electrons. The maximum atomic E-state index is 6.44. The highest BCUT2D eigenvalue weighted by atomic mass is 16.3. The molecular formula is C49H32N2O. The fourth-order valence-corrected chi connectivity index (χ4v) is 7.60. The van der Waals surface area contributed by atoms with Crippen molar-refractivity contribution in [1.82, 2.24) is 4.98 Å². The van der Waals surface area contributed by atoms with Crippen molar-refractivity contribution in [3.63, 3.8) is 0 Å². The lowest BCUT2D eigenvalue weighted by Gasteiger charge is -2.25. The Hall–Kier alpha value is -6.97. The van der Waals surface area contributed by atoms with Gasteiger partial charge in [-0.2, -0.15) is 0 Å². The number of benzene rings is 8. The van der Waals surface area contributed by atoms with Gasteiger partial charge in [-0.05, 0) is 85.9 Å². The van der Waals surface area contributed by atoms with Gasteiger partial charge in [0, 0.05) is 27.5 Å². The smallest absolute Gasteiger partial charge is 0.153 e. The van der Waals surface area contributed by atoms with Gasteiger partial charge < -0.3 is 4.42 Å². The van der Waals surface area contributed by atoms with E-state index in [1.54, 1.807) is 0 Å². The monoisotopic (exact) mass is 664 g/mol. The topological polar surface area (TPSA) is 29.3 Å². The molecule has 10 rings (SSSR count). The zero-order valence-electron chi connectivity index (χ0n) is 28.3. The summed E-state index contributed by atoms with van der Waals surface area (Å²) in [5, 5.41) is 6.85. The summed E-state index contributed by atoms with van der Waals surface area (Å²) in [6.07, 6.45) is 1.86. The average Bonchev–Trinajstić information content (AvgIpc) is 3.60. The molecule has 3 nitrogen and oxygen atoms in total. The molecule has 3 heteroatoms.